The Balaban J connectivity index is 2.27. The number of hydrogen-bond acceptors (Lipinski definition) is 2. The van der Waals surface area contributed by atoms with Crippen molar-refractivity contribution in [3.05, 3.63) is 94.2 Å². The molecule has 1 N–H and O–H groups in total. The molecule has 0 bridgehead atoms. The molecule has 0 radical (unpaired) electrons. The maximum Gasteiger partial charge on any atom is 0.0471 e. The molecule has 0 saturated carbocycles. The van der Waals surface area contributed by atoms with Gasteiger partial charge in [-0.25, -0.2) is 0 Å². The van der Waals surface area contributed by atoms with Crippen LogP contribution in [0.15, 0.2) is 77.4 Å². The molecule has 0 aliphatic heterocycles. The molecule has 136 valence electrons. The van der Waals surface area contributed by atoms with Crippen LogP contribution >= 0.6 is 11.6 Å². The van der Waals surface area contributed by atoms with E-state index < -0.39 is 0 Å². The second-order valence-electron chi connectivity index (χ2n) is 6.32. The summed E-state index contributed by atoms with van der Waals surface area (Å²) in [7, 11) is 0. The van der Waals surface area contributed by atoms with Crippen molar-refractivity contribution in [2.45, 2.75) is 33.1 Å². The summed E-state index contributed by atoms with van der Waals surface area (Å²) in [5.74, 6) is 0. The van der Waals surface area contributed by atoms with E-state index >= 15 is 0 Å². The summed E-state index contributed by atoms with van der Waals surface area (Å²) in [6.45, 7) is 8.35. The summed E-state index contributed by atoms with van der Waals surface area (Å²) in [5, 5.41) is 9.75. The predicted molar refractivity (Wildman–Crippen MR) is 112 cm³/mol. The molecule has 2 aromatic carbocycles. The van der Waals surface area contributed by atoms with E-state index in [1.54, 1.807) is 0 Å². The molecule has 2 aromatic rings. The number of allylic oxidation sites excluding steroid dienone is 3. The lowest BCUT2D eigenvalue weighted by Crippen LogP contribution is -1.98. The number of hydrogen-bond donors (Lipinski definition) is 1. The minimum Gasteiger partial charge on any atom is -0.396 e. The maximum absolute atomic E-state index is 9.04. The highest BCUT2D eigenvalue weighted by Crippen LogP contribution is 2.17. The van der Waals surface area contributed by atoms with Gasteiger partial charge in [0.2, 0.25) is 0 Å². The van der Waals surface area contributed by atoms with Crippen molar-refractivity contribution in [2.75, 3.05) is 6.61 Å². The molecule has 0 spiro atoms. The van der Waals surface area contributed by atoms with Gasteiger partial charge in [0, 0.05) is 29.5 Å². The van der Waals surface area contributed by atoms with Crippen LogP contribution in [0.2, 0.25) is 5.02 Å². The van der Waals surface area contributed by atoms with E-state index in [2.05, 4.69) is 43.8 Å². The van der Waals surface area contributed by atoms with E-state index in [1.807, 2.05) is 31.2 Å². The molecule has 2 rings (SSSR count). The molecule has 0 heterocycles. The lowest BCUT2D eigenvalue weighted by molar-refractivity contribution is 0.299. The van der Waals surface area contributed by atoms with Crippen molar-refractivity contribution in [1.29, 1.82) is 0 Å². The number of aliphatic hydroxyl groups is 1. The van der Waals surface area contributed by atoms with Gasteiger partial charge in [-0.2, -0.15) is 0 Å². The fourth-order valence-corrected chi connectivity index (χ4v) is 2.81. The minimum absolute atomic E-state index is 0.171. The second kappa shape index (κ2) is 10.1. The molecule has 0 aliphatic carbocycles. The number of halogens is 1. The Morgan fingerprint density at radius 2 is 1.85 bits per heavy atom. The molecule has 0 fully saturated rings. The van der Waals surface area contributed by atoms with E-state index in [9.17, 15) is 0 Å². The Morgan fingerprint density at radius 1 is 1.15 bits per heavy atom. The van der Waals surface area contributed by atoms with E-state index in [0.29, 0.717) is 11.4 Å². The molecule has 0 unspecified atom stereocenters. The first-order chi connectivity index (χ1) is 12.5. The molecule has 0 amide bonds. The van der Waals surface area contributed by atoms with Gasteiger partial charge in [-0.1, -0.05) is 67.1 Å². The zero-order chi connectivity index (χ0) is 18.9. The Labute approximate surface area is 161 Å². The monoisotopic (exact) mass is 367 g/mol. The molecule has 0 aliphatic rings. The third-order valence-corrected chi connectivity index (χ3v) is 4.42. The van der Waals surface area contributed by atoms with Gasteiger partial charge in [0.1, 0.15) is 0 Å². The molecule has 3 heteroatoms. The van der Waals surface area contributed by atoms with Gasteiger partial charge in [-0.15, -0.1) is 0 Å². The quantitative estimate of drug-likeness (QED) is 0.465. The first kappa shape index (κ1) is 20.2. The van der Waals surface area contributed by atoms with Crippen molar-refractivity contribution in [3.63, 3.8) is 0 Å². The van der Waals surface area contributed by atoms with Gasteiger partial charge < -0.3 is 5.11 Å². The average molecular weight is 368 g/mol. The lowest BCUT2D eigenvalue weighted by Gasteiger charge is -2.08. The smallest absolute Gasteiger partial charge is 0.0471 e. The van der Waals surface area contributed by atoms with Crippen molar-refractivity contribution >= 4 is 17.3 Å². The molecule has 2 nitrogen and oxygen atoms in total. The number of aliphatic imine (C=N–C) groups is 1. The minimum atomic E-state index is 0.171. The Morgan fingerprint density at radius 3 is 2.46 bits per heavy atom. The molecule has 0 atom stereocenters. The fourth-order valence-electron chi connectivity index (χ4n) is 2.62. The molecule has 0 aromatic heterocycles. The van der Waals surface area contributed by atoms with Crippen LogP contribution in [0.1, 0.15) is 37.0 Å². The Kier molecular flexibility index (Phi) is 7.83. The van der Waals surface area contributed by atoms with E-state index in [1.165, 1.54) is 5.56 Å². The number of rotatable bonds is 8. The Hall–Kier alpha value is -2.16. The largest absolute Gasteiger partial charge is 0.396 e. The van der Waals surface area contributed by atoms with E-state index in [-0.39, 0.29) is 6.61 Å². The highest BCUT2D eigenvalue weighted by Gasteiger charge is 2.04. The maximum atomic E-state index is 9.04. The van der Waals surface area contributed by atoms with Crippen LogP contribution in [0.5, 0.6) is 0 Å². The molecular formula is C23H26ClNO. The summed E-state index contributed by atoms with van der Waals surface area (Å²) in [5.41, 5.74) is 6.30. The van der Waals surface area contributed by atoms with Gasteiger partial charge in [0.15, 0.2) is 0 Å². The van der Waals surface area contributed by atoms with Crippen molar-refractivity contribution in [3.8, 4) is 0 Å². The SMILES string of the molecule is C=C(/C=C(/Cc1ccc(CCO)cc1)N=C(C)c1cccc(Cl)c1)CC. The van der Waals surface area contributed by atoms with Gasteiger partial charge in [0.05, 0.1) is 0 Å². The Bertz CT molecular complexity index is 803. The highest BCUT2D eigenvalue weighted by atomic mass is 35.5. The average Bonchev–Trinajstić information content (AvgIpc) is 2.63. The third-order valence-electron chi connectivity index (χ3n) is 4.19. The van der Waals surface area contributed by atoms with Gasteiger partial charge in [-0.3, -0.25) is 4.99 Å². The zero-order valence-electron chi connectivity index (χ0n) is 15.5. The van der Waals surface area contributed by atoms with Crippen molar-refractivity contribution in [2.24, 2.45) is 4.99 Å². The number of nitrogens with zero attached hydrogens (tertiary/aromatic N) is 1. The first-order valence-corrected chi connectivity index (χ1v) is 9.28. The summed E-state index contributed by atoms with van der Waals surface area (Å²) in [6, 6.07) is 16.1. The predicted octanol–water partition coefficient (Wildman–Crippen LogP) is 5.78. The van der Waals surface area contributed by atoms with Crippen LogP contribution in [0.25, 0.3) is 0 Å². The van der Waals surface area contributed by atoms with Crippen LogP contribution < -0.4 is 0 Å². The van der Waals surface area contributed by atoms with Crippen LogP contribution in [-0.4, -0.2) is 17.4 Å². The van der Waals surface area contributed by atoms with E-state index in [0.717, 1.165) is 41.0 Å². The van der Waals surface area contributed by atoms with Gasteiger partial charge >= 0.3 is 0 Å². The molecule has 0 saturated heterocycles. The fraction of sp³-hybridized carbons (Fsp3) is 0.261. The zero-order valence-corrected chi connectivity index (χ0v) is 16.3. The third kappa shape index (κ3) is 6.29. The van der Waals surface area contributed by atoms with Crippen LogP contribution in [0, 0.1) is 0 Å². The first-order valence-electron chi connectivity index (χ1n) is 8.90. The number of aliphatic hydroxyl groups excluding tert-OH is 1. The summed E-state index contributed by atoms with van der Waals surface area (Å²) >= 11 is 6.10. The van der Waals surface area contributed by atoms with E-state index in [4.69, 9.17) is 21.7 Å². The van der Waals surface area contributed by atoms with Crippen LogP contribution in [-0.2, 0) is 12.8 Å². The summed E-state index contributed by atoms with van der Waals surface area (Å²) in [4.78, 5) is 4.85. The topological polar surface area (TPSA) is 32.6 Å². The van der Waals surface area contributed by atoms with Gasteiger partial charge in [0.25, 0.3) is 0 Å². The second-order valence-corrected chi connectivity index (χ2v) is 6.76. The van der Waals surface area contributed by atoms with Crippen molar-refractivity contribution in [1.82, 2.24) is 0 Å². The summed E-state index contributed by atoms with van der Waals surface area (Å²) in [6.07, 6.45) is 4.37. The number of benzene rings is 2. The standard InChI is InChI=1S/C23H26ClNO/c1-4-17(2)14-23(15-20-10-8-19(9-11-20)12-13-26)25-18(3)21-6-5-7-22(24)16-21/h5-11,14,16,26H,2,4,12-13,15H2,1,3H3/b23-14-,25-18?. The van der Waals surface area contributed by atoms with Crippen LogP contribution in [0.4, 0.5) is 0 Å². The summed E-state index contributed by atoms with van der Waals surface area (Å²) < 4.78 is 0. The van der Waals surface area contributed by atoms with Crippen LogP contribution in [0.3, 0.4) is 0 Å². The van der Waals surface area contributed by atoms with Crippen molar-refractivity contribution < 1.29 is 5.11 Å². The lowest BCUT2D eigenvalue weighted by atomic mass is 10.0. The normalized spacial score (nSPS) is 12.3. The molecule has 26 heavy (non-hydrogen) atoms. The molecular weight excluding hydrogens is 342 g/mol. The highest BCUT2D eigenvalue weighted by molar-refractivity contribution is 6.31. The van der Waals surface area contributed by atoms with Gasteiger partial charge in [-0.05, 0) is 54.7 Å².